The molecular weight excluding hydrogens is 438 g/mol. The van der Waals surface area contributed by atoms with Crippen LogP contribution >= 0.6 is 0 Å². The zero-order valence-corrected chi connectivity index (χ0v) is 24.7. The van der Waals surface area contributed by atoms with Crippen LogP contribution in [-0.4, -0.2) is 22.2 Å². The molecule has 2 aromatic rings. The number of hydrogen-bond donors (Lipinski definition) is 1. The van der Waals surface area contributed by atoms with E-state index in [0.717, 1.165) is 12.2 Å². The molecule has 0 saturated heterocycles. The van der Waals surface area contributed by atoms with Crippen molar-refractivity contribution in [3.05, 3.63) is 65.2 Å². The molecule has 0 radical (unpaired) electrons. The lowest BCUT2D eigenvalue weighted by atomic mass is 9.69. The van der Waals surface area contributed by atoms with Crippen molar-refractivity contribution in [2.24, 2.45) is 17.6 Å². The Labute approximate surface area is 205 Å². The third-order valence-corrected chi connectivity index (χ3v) is 8.29. The largest absolute Gasteiger partial charge is 0.544 e. The zero-order chi connectivity index (χ0) is 25.0. The quantitative estimate of drug-likeness (QED) is 0.330. The topological polar surface area (TPSA) is 44.5 Å². The van der Waals surface area contributed by atoms with Crippen LogP contribution in [0.15, 0.2) is 48.5 Å². The van der Waals surface area contributed by atoms with E-state index < -0.39 is 16.6 Å². The van der Waals surface area contributed by atoms with Gasteiger partial charge in [-0.2, -0.15) is 0 Å². The van der Waals surface area contributed by atoms with Gasteiger partial charge in [0, 0.05) is 17.0 Å². The molecule has 2 aromatic carbocycles. The van der Waals surface area contributed by atoms with Crippen LogP contribution in [0.2, 0.25) is 39.3 Å². The highest BCUT2D eigenvalue weighted by Gasteiger charge is 2.37. The summed E-state index contributed by atoms with van der Waals surface area (Å²) in [6.45, 7) is 23.1. The lowest BCUT2D eigenvalue weighted by molar-refractivity contribution is 0.199. The molecule has 0 aliphatic rings. The van der Waals surface area contributed by atoms with Gasteiger partial charge in [0.15, 0.2) is 8.32 Å². The molecule has 0 bridgehead atoms. The van der Waals surface area contributed by atoms with Gasteiger partial charge < -0.3 is 14.6 Å². The molecule has 0 aromatic heterocycles. The molecule has 33 heavy (non-hydrogen) atoms. The molecule has 0 aliphatic heterocycles. The van der Waals surface area contributed by atoms with Crippen molar-refractivity contribution in [3.63, 3.8) is 0 Å². The highest BCUT2D eigenvalue weighted by atomic mass is 28.4. The molecule has 0 heterocycles. The van der Waals surface area contributed by atoms with Gasteiger partial charge in [0.05, 0.1) is 6.61 Å². The fourth-order valence-electron chi connectivity index (χ4n) is 4.27. The summed E-state index contributed by atoms with van der Waals surface area (Å²) >= 11 is 0. The van der Waals surface area contributed by atoms with Crippen LogP contribution in [0, 0.1) is 11.8 Å². The van der Waals surface area contributed by atoms with Crippen molar-refractivity contribution >= 4 is 16.6 Å². The summed E-state index contributed by atoms with van der Waals surface area (Å²) in [6.07, 6.45) is 0.868. The maximum atomic E-state index is 7.14. The van der Waals surface area contributed by atoms with E-state index in [1.807, 2.05) is 0 Å². The average Bonchev–Trinajstić information content (AvgIpc) is 2.70. The molecule has 0 spiro atoms. The smallest absolute Gasteiger partial charge is 0.242 e. The predicted octanol–water partition coefficient (Wildman–Crippen LogP) is 7.78. The van der Waals surface area contributed by atoms with Crippen LogP contribution in [0.25, 0.3) is 0 Å². The summed E-state index contributed by atoms with van der Waals surface area (Å²) < 4.78 is 12.9. The van der Waals surface area contributed by atoms with Crippen molar-refractivity contribution in [3.8, 4) is 5.75 Å². The summed E-state index contributed by atoms with van der Waals surface area (Å²) in [7, 11) is -3.41. The molecule has 3 nitrogen and oxygen atoms in total. The molecule has 0 fully saturated rings. The Bertz CT molecular complexity index is 875. The third kappa shape index (κ3) is 8.09. The van der Waals surface area contributed by atoms with E-state index in [0.29, 0.717) is 18.4 Å². The van der Waals surface area contributed by atoms with Crippen LogP contribution in [0.1, 0.15) is 56.7 Å². The van der Waals surface area contributed by atoms with Gasteiger partial charge in [-0.25, -0.2) is 0 Å². The van der Waals surface area contributed by atoms with Gasteiger partial charge in [-0.3, -0.25) is 0 Å². The second-order valence-corrected chi connectivity index (χ2v) is 21.0. The number of benzene rings is 2. The highest BCUT2D eigenvalue weighted by Crippen LogP contribution is 2.42. The Morgan fingerprint density at radius 2 is 1.39 bits per heavy atom. The van der Waals surface area contributed by atoms with E-state index in [4.69, 9.17) is 14.6 Å². The number of hydrogen-bond acceptors (Lipinski definition) is 3. The van der Waals surface area contributed by atoms with Gasteiger partial charge in [0.25, 0.3) is 0 Å². The first kappa shape index (κ1) is 27.8. The minimum Gasteiger partial charge on any atom is -0.544 e. The van der Waals surface area contributed by atoms with E-state index in [-0.39, 0.29) is 11.5 Å². The Hall–Kier alpha value is -1.41. The van der Waals surface area contributed by atoms with Crippen molar-refractivity contribution < 1.29 is 8.85 Å². The molecule has 2 rings (SSSR count). The molecule has 0 amide bonds. The fraction of sp³-hybridized carbons (Fsp3) is 0.571. The van der Waals surface area contributed by atoms with Crippen LogP contribution in [-0.2, 0) is 11.0 Å². The van der Waals surface area contributed by atoms with E-state index >= 15 is 0 Å². The van der Waals surface area contributed by atoms with Crippen LogP contribution in [0.3, 0.4) is 0 Å². The Kier molecular flexibility index (Phi) is 9.19. The van der Waals surface area contributed by atoms with Gasteiger partial charge in [-0.1, -0.05) is 64.1 Å². The maximum absolute atomic E-state index is 7.14. The molecule has 184 valence electrons. The van der Waals surface area contributed by atoms with Crippen LogP contribution < -0.4 is 10.2 Å². The summed E-state index contributed by atoms with van der Waals surface area (Å²) in [5, 5.41) is 0. The van der Waals surface area contributed by atoms with Crippen molar-refractivity contribution in [2.45, 2.75) is 91.5 Å². The third-order valence-electron chi connectivity index (χ3n) is 6.45. The molecule has 0 aliphatic carbocycles. The Morgan fingerprint density at radius 3 is 1.88 bits per heavy atom. The van der Waals surface area contributed by atoms with Crippen LogP contribution in [0.5, 0.6) is 5.75 Å². The van der Waals surface area contributed by atoms with Crippen molar-refractivity contribution in [1.82, 2.24) is 0 Å². The molecule has 5 heteroatoms. The van der Waals surface area contributed by atoms with E-state index in [9.17, 15) is 0 Å². The molecule has 2 N–H and O–H groups in total. The summed E-state index contributed by atoms with van der Waals surface area (Å²) in [4.78, 5) is 0. The minimum atomic E-state index is -1.80. The van der Waals surface area contributed by atoms with E-state index in [2.05, 4.69) is 116 Å². The SMILES string of the molecule is CC(C)C(N)(CC(c1ccccc1)c1cc(CO[Si](C)(C)C)ccc1O[Si](C)(C)C)C(C)C. The first-order chi connectivity index (χ1) is 15.1. The monoisotopic (exact) mass is 485 g/mol. The highest BCUT2D eigenvalue weighted by molar-refractivity contribution is 6.70. The minimum absolute atomic E-state index is 0.152. The predicted molar refractivity (Wildman–Crippen MR) is 148 cm³/mol. The molecular formula is C28H47NO2Si2. The zero-order valence-electron chi connectivity index (χ0n) is 22.7. The summed E-state index contributed by atoms with van der Waals surface area (Å²) in [6, 6.07) is 17.4. The van der Waals surface area contributed by atoms with E-state index in [1.54, 1.807) is 0 Å². The fourth-order valence-corrected chi connectivity index (χ4v) is 5.71. The average molecular weight is 486 g/mol. The lowest BCUT2D eigenvalue weighted by Crippen LogP contribution is -2.51. The number of rotatable bonds is 11. The Morgan fingerprint density at radius 1 is 0.818 bits per heavy atom. The van der Waals surface area contributed by atoms with Gasteiger partial charge >= 0.3 is 0 Å². The first-order valence-electron chi connectivity index (χ1n) is 12.4. The standard InChI is InChI=1S/C28H47NO2Si2/c1-21(2)28(29,22(3)4)19-26(24-14-12-11-13-15-24)25-18-23(20-30-32(5,6)7)16-17-27(25)31-33(8,9)10/h11-18,21-22,26H,19-20,29H2,1-10H3. The maximum Gasteiger partial charge on any atom is 0.242 e. The molecule has 1 unspecified atom stereocenters. The van der Waals surface area contributed by atoms with E-state index in [1.165, 1.54) is 16.7 Å². The van der Waals surface area contributed by atoms with Crippen molar-refractivity contribution in [1.29, 1.82) is 0 Å². The molecule has 0 saturated carbocycles. The van der Waals surface area contributed by atoms with Gasteiger partial charge in [-0.05, 0) is 80.8 Å². The van der Waals surface area contributed by atoms with Gasteiger partial charge in [0.1, 0.15) is 5.75 Å². The van der Waals surface area contributed by atoms with Gasteiger partial charge in [-0.15, -0.1) is 0 Å². The Balaban J connectivity index is 2.65. The second-order valence-electron chi connectivity index (χ2n) is 12.1. The summed E-state index contributed by atoms with van der Waals surface area (Å²) in [5.41, 5.74) is 10.6. The van der Waals surface area contributed by atoms with Gasteiger partial charge in [0.2, 0.25) is 8.32 Å². The molecule has 1 atom stereocenters. The van der Waals surface area contributed by atoms with Crippen molar-refractivity contribution in [2.75, 3.05) is 0 Å². The van der Waals surface area contributed by atoms with Crippen LogP contribution in [0.4, 0.5) is 0 Å². The summed E-state index contributed by atoms with van der Waals surface area (Å²) in [5.74, 6) is 1.88. The first-order valence-corrected chi connectivity index (χ1v) is 19.2. The normalized spacial score (nSPS) is 14.1. The second kappa shape index (κ2) is 10.9. The lowest BCUT2D eigenvalue weighted by Gasteiger charge is -2.41. The number of nitrogens with two attached hydrogens (primary N) is 1.